The Morgan fingerprint density at radius 1 is 1.48 bits per heavy atom. The average Bonchev–Trinajstić information content (AvgIpc) is 2.73. The van der Waals surface area contributed by atoms with Crippen molar-refractivity contribution < 1.29 is 9.72 Å². The maximum absolute atomic E-state index is 11.6. The van der Waals surface area contributed by atoms with Crippen LogP contribution in [0.15, 0.2) is 12.1 Å². The maximum atomic E-state index is 11.6. The standard InChI is InChI=1S/C13H16N4O3S/c1-7(2)15-13(18)6-14-9-4-10-12(21-8(3)16-10)5-11(9)17(19)20/h4-5,7,14H,6H2,1-3H3,(H,15,18). The number of carbonyl (C=O) groups excluding carboxylic acids is 1. The van der Waals surface area contributed by atoms with E-state index in [9.17, 15) is 14.9 Å². The summed E-state index contributed by atoms with van der Waals surface area (Å²) in [6.45, 7) is 5.53. The van der Waals surface area contributed by atoms with E-state index >= 15 is 0 Å². The molecule has 0 saturated heterocycles. The second kappa shape index (κ2) is 6.04. The number of aromatic nitrogens is 1. The number of fused-ring (bicyclic) bond motifs is 1. The third-order valence-corrected chi connectivity index (χ3v) is 3.63. The molecule has 0 radical (unpaired) electrons. The molecule has 0 aliphatic rings. The highest BCUT2D eigenvalue weighted by molar-refractivity contribution is 7.18. The molecule has 1 amide bonds. The molecule has 1 heterocycles. The SMILES string of the molecule is Cc1nc2cc(NCC(=O)NC(C)C)c([N+](=O)[O-])cc2s1. The van der Waals surface area contributed by atoms with Crippen molar-refractivity contribution in [1.82, 2.24) is 10.3 Å². The molecular formula is C13H16N4O3S. The van der Waals surface area contributed by atoms with Gasteiger partial charge in [0.2, 0.25) is 5.91 Å². The molecular weight excluding hydrogens is 292 g/mol. The van der Waals surface area contributed by atoms with Gasteiger partial charge in [0, 0.05) is 12.1 Å². The maximum Gasteiger partial charge on any atom is 0.293 e. The zero-order chi connectivity index (χ0) is 15.6. The average molecular weight is 308 g/mol. The monoisotopic (exact) mass is 308 g/mol. The molecule has 0 saturated carbocycles. The van der Waals surface area contributed by atoms with Crippen molar-refractivity contribution in [3.63, 3.8) is 0 Å². The zero-order valence-electron chi connectivity index (χ0n) is 12.0. The Bertz CT molecular complexity index is 696. The summed E-state index contributed by atoms with van der Waals surface area (Å²) in [5.74, 6) is -0.214. The van der Waals surface area contributed by atoms with Crippen LogP contribution in [0.25, 0.3) is 10.2 Å². The van der Waals surface area contributed by atoms with Gasteiger partial charge in [-0.1, -0.05) is 0 Å². The molecule has 0 unspecified atom stereocenters. The first kappa shape index (κ1) is 15.2. The lowest BCUT2D eigenvalue weighted by Crippen LogP contribution is -2.34. The Morgan fingerprint density at radius 2 is 2.19 bits per heavy atom. The number of nitro benzene ring substituents is 1. The van der Waals surface area contributed by atoms with Crippen molar-refractivity contribution in [2.45, 2.75) is 26.8 Å². The first-order valence-corrected chi connectivity index (χ1v) is 7.27. The second-order valence-corrected chi connectivity index (χ2v) is 6.14. The van der Waals surface area contributed by atoms with Gasteiger partial charge in [0.15, 0.2) is 0 Å². The Labute approximate surface area is 125 Å². The molecule has 1 aromatic carbocycles. The molecule has 0 spiro atoms. The fourth-order valence-electron chi connectivity index (χ4n) is 1.92. The number of rotatable bonds is 5. The summed E-state index contributed by atoms with van der Waals surface area (Å²) in [7, 11) is 0. The van der Waals surface area contributed by atoms with Gasteiger partial charge in [-0.25, -0.2) is 4.98 Å². The van der Waals surface area contributed by atoms with Crippen LogP contribution in [-0.4, -0.2) is 28.4 Å². The summed E-state index contributed by atoms with van der Waals surface area (Å²) in [5.41, 5.74) is 0.940. The van der Waals surface area contributed by atoms with Gasteiger partial charge in [0.1, 0.15) is 5.69 Å². The predicted molar refractivity (Wildman–Crippen MR) is 82.8 cm³/mol. The quantitative estimate of drug-likeness (QED) is 0.653. The van der Waals surface area contributed by atoms with Crippen LogP contribution in [0.3, 0.4) is 0 Å². The Balaban J connectivity index is 2.26. The highest BCUT2D eigenvalue weighted by atomic mass is 32.1. The van der Waals surface area contributed by atoms with E-state index in [1.54, 1.807) is 6.07 Å². The third kappa shape index (κ3) is 3.66. The van der Waals surface area contributed by atoms with Crippen molar-refractivity contribution in [3.8, 4) is 0 Å². The first-order chi connectivity index (χ1) is 9.86. The summed E-state index contributed by atoms with van der Waals surface area (Å²) >= 11 is 1.40. The molecule has 2 aromatic rings. The molecule has 7 nitrogen and oxygen atoms in total. The smallest absolute Gasteiger partial charge is 0.293 e. The van der Waals surface area contributed by atoms with Gasteiger partial charge in [0.25, 0.3) is 5.69 Å². The Kier molecular flexibility index (Phi) is 4.37. The molecule has 0 bridgehead atoms. The van der Waals surface area contributed by atoms with Gasteiger partial charge in [0.05, 0.1) is 26.7 Å². The van der Waals surface area contributed by atoms with E-state index in [1.165, 1.54) is 17.4 Å². The molecule has 0 fully saturated rings. The summed E-state index contributed by atoms with van der Waals surface area (Å²) in [6.07, 6.45) is 0. The van der Waals surface area contributed by atoms with Crippen LogP contribution in [0, 0.1) is 17.0 Å². The van der Waals surface area contributed by atoms with Crippen LogP contribution in [-0.2, 0) is 4.79 Å². The Hall–Kier alpha value is -2.22. The minimum Gasteiger partial charge on any atom is -0.370 e. The van der Waals surface area contributed by atoms with E-state index in [-0.39, 0.29) is 24.2 Å². The molecule has 112 valence electrons. The van der Waals surface area contributed by atoms with Gasteiger partial charge in [-0.15, -0.1) is 11.3 Å². The highest BCUT2D eigenvalue weighted by Crippen LogP contribution is 2.32. The molecule has 2 N–H and O–H groups in total. The van der Waals surface area contributed by atoms with E-state index in [0.717, 1.165) is 9.71 Å². The molecule has 1 aromatic heterocycles. The topological polar surface area (TPSA) is 97.2 Å². The normalized spacial score (nSPS) is 10.9. The lowest BCUT2D eigenvalue weighted by molar-refractivity contribution is -0.383. The minimum absolute atomic E-state index is 0.0202. The van der Waals surface area contributed by atoms with Crippen molar-refractivity contribution in [2.24, 2.45) is 0 Å². The molecule has 2 rings (SSSR count). The number of hydrogen-bond acceptors (Lipinski definition) is 6. The van der Waals surface area contributed by atoms with Crippen molar-refractivity contribution in [1.29, 1.82) is 0 Å². The van der Waals surface area contributed by atoms with E-state index < -0.39 is 4.92 Å². The number of nitro groups is 1. The molecule has 21 heavy (non-hydrogen) atoms. The number of carbonyl (C=O) groups is 1. The van der Waals surface area contributed by atoms with Crippen LogP contribution in [0.2, 0.25) is 0 Å². The number of aryl methyl sites for hydroxylation is 1. The third-order valence-electron chi connectivity index (χ3n) is 2.70. The van der Waals surface area contributed by atoms with Crippen molar-refractivity contribution in [3.05, 3.63) is 27.3 Å². The van der Waals surface area contributed by atoms with Crippen molar-refractivity contribution >= 4 is 38.8 Å². The number of benzene rings is 1. The van der Waals surface area contributed by atoms with Gasteiger partial charge in [-0.3, -0.25) is 14.9 Å². The number of anilines is 1. The number of nitrogens with one attached hydrogen (secondary N) is 2. The summed E-state index contributed by atoms with van der Waals surface area (Å²) < 4.78 is 0.761. The summed E-state index contributed by atoms with van der Waals surface area (Å²) in [4.78, 5) is 26.6. The van der Waals surface area contributed by atoms with Crippen LogP contribution in [0.4, 0.5) is 11.4 Å². The summed E-state index contributed by atoms with van der Waals surface area (Å²) in [5, 5.41) is 17.5. The molecule has 0 aliphatic carbocycles. The number of hydrogen-bond donors (Lipinski definition) is 2. The fourth-order valence-corrected chi connectivity index (χ4v) is 2.76. The van der Waals surface area contributed by atoms with Gasteiger partial charge in [-0.05, 0) is 26.8 Å². The second-order valence-electron chi connectivity index (χ2n) is 4.90. The lowest BCUT2D eigenvalue weighted by atomic mass is 10.2. The molecule has 0 atom stereocenters. The molecule has 0 aliphatic heterocycles. The molecule has 8 heteroatoms. The van der Waals surface area contributed by atoms with Gasteiger partial charge < -0.3 is 10.6 Å². The number of amides is 1. The van der Waals surface area contributed by atoms with E-state index in [1.807, 2.05) is 20.8 Å². The highest BCUT2D eigenvalue weighted by Gasteiger charge is 2.17. The number of thiazole rings is 1. The van der Waals surface area contributed by atoms with E-state index in [4.69, 9.17) is 0 Å². The first-order valence-electron chi connectivity index (χ1n) is 6.45. The largest absolute Gasteiger partial charge is 0.370 e. The van der Waals surface area contributed by atoms with Crippen LogP contribution < -0.4 is 10.6 Å². The fraction of sp³-hybridized carbons (Fsp3) is 0.385. The van der Waals surface area contributed by atoms with Crippen molar-refractivity contribution in [2.75, 3.05) is 11.9 Å². The van der Waals surface area contributed by atoms with Gasteiger partial charge in [-0.2, -0.15) is 0 Å². The Morgan fingerprint density at radius 3 is 2.81 bits per heavy atom. The summed E-state index contributed by atoms with van der Waals surface area (Å²) in [6, 6.07) is 3.13. The lowest BCUT2D eigenvalue weighted by Gasteiger charge is -2.10. The van der Waals surface area contributed by atoms with Crippen LogP contribution in [0.1, 0.15) is 18.9 Å². The predicted octanol–water partition coefficient (Wildman–Crippen LogP) is 2.45. The van der Waals surface area contributed by atoms with Crippen LogP contribution >= 0.6 is 11.3 Å². The number of nitrogens with zero attached hydrogens (tertiary/aromatic N) is 2. The van der Waals surface area contributed by atoms with Gasteiger partial charge >= 0.3 is 0 Å². The van der Waals surface area contributed by atoms with E-state index in [2.05, 4.69) is 15.6 Å². The van der Waals surface area contributed by atoms with Crippen LogP contribution in [0.5, 0.6) is 0 Å². The minimum atomic E-state index is -0.461. The van der Waals surface area contributed by atoms with E-state index in [0.29, 0.717) is 11.2 Å². The zero-order valence-corrected chi connectivity index (χ0v) is 12.8.